The fourth-order valence-corrected chi connectivity index (χ4v) is 1.41. The van der Waals surface area contributed by atoms with E-state index in [0.717, 1.165) is 5.75 Å². The summed E-state index contributed by atoms with van der Waals surface area (Å²) in [6, 6.07) is 7.21. The maximum Gasteiger partial charge on any atom is 0.263 e. The van der Waals surface area contributed by atoms with E-state index in [1.165, 1.54) is 4.90 Å². The van der Waals surface area contributed by atoms with Gasteiger partial charge >= 0.3 is 0 Å². The normalized spacial score (nSPS) is 11.8. The van der Waals surface area contributed by atoms with E-state index in [1.54, 1.807) is 33.3 Å². The average molecular weight is 237 g/mol. The number of methoxy groups -OCH3 is 1. The van der Waals surface area contributed by atoms with Gasteiger partial charge < -0.3 is 14.4 Å². The number of hydrogen-bond acceptors (Lipinski definition) is 3. The first kappa shape index (κ1) is 13.4. The second-order valence-corrected chi connectivity index (χ2v) is 3.92. The van der Waals surface area contributed by atoms with E-state index in [9.17, 15) is 4.79 Å². The first-order valence-electron chi connectivity index (χ1n) is 5.60. The number of rotatable bonds is 5. The largest absolute Gasteiger partial charge is 0.497 e. The van der Waals surface area contributed by atoms with E-state index in [4.69, 9.17) is 9.47 Å². The number of nitrogens with zero attached hydrogens (tertiary/aromatic N) is 1. The third-order valence-corrected chi connectivity index (χ3v) is 2.42. The van der Waals surface area contributed by atoms with Crippen molar-refractivity contribution in [3.63, 3.8) is 0 Å². The first-order chi connectivity index (χ1) is 8.08. The van der Waals surface area contributed by atoms with Gasteiger partial charge in [0.1, 0.15) is 11.5 Å². The molecule has 1 amide bonds. The van der Waals surface area contributed by atoms with Gasteiger partial charge in [-0.15, -0.1) is 0 Å². The van der Waals surface area contributed by atoms with Crippen LogP contribution in [0.25, 0.3) is 0 Å². The van der Waals surface area contributed by atoms with E-state index in [2.05, 4.69) is 0 Å². The van der Waals surface area contributed by atoms with E-state index < -0.39 is 6.10 Å². The van der Waals surface area contributed by atoms with Gasteiger partial charge in [0.25, 0.3) is 5.91 Å². The summed E-state index contributed by atoms with van der Waals surface area (Å²) in [5, 5.41) is 0. The Morgan fingerprint density at radius 3 is 2.18 bits per heavy atom. The zero-order valence-corrected chi connectivity index (χ0v) is 10.8. The van der Waals surface area contributed by atoms with Crippen LogP contribution >= 0.6 is 0 Å². The molecule has 0 unspecified atom stereocenters. The van der Waals surface area contributed by atoms with Gasteiger partial charge in [-0.25, -0.2) is 0 Å². The van der Waals surface area contributed by atoms with Crippen LogP contribution in [0.5, 0.6) is 11.5 Å². The van der Waals surface area contributed by atoms with Crippen molar-refractivity contribution in [1.82, 2.24) is 4.90 Å². The van der Waals surface area contributed by atoms with Gasteiger partial charge in [-0.05, 0) is 30.7 Å². The second-order valence-electron chi connectivity index (χ2n) is 3.92. The highest BCUT2D eigenvalue weighted by atomic mass is 16.5. The van der Waals surface area contributed by atoms with Crippen molar-refractivity contribution in [2.24, 2.45) is 0 Å². The summed E-state index contributed by atoms with van der Waals surface area (Å²) in [4.78, 5) is 13.3. The highest BCUT2D eigenvalue weighted by Gasteiger charge is 2.19. The quantitative estimate of drug-likeness (QED) is 0.785. The van der Waals surface area contributed by atoms with E-state index in [0.29, 0.717) is 12.2 Å². The molecule has 1 atom stereocenters. The van der Waals surface area contributed by atoms with Crippen LogP contribution in [0.15, 0.2) is 24.3 Å². The number of benzene rings is 1. The molecule has 0 aliphatic carbocycles. The molecule has 0 bridgehead atoms. The predicted octanol–water partition coefficient (Wildman–Crippen LogP) is 1.94. The monoisotopic (exact) mass is 237 g/mol. The molecule has 1 rings (SSSR count). The fourth-order valence-electron chi connectivity index (χ4n) is 1.41. The molecular formula is C13H19NO3. The lowest BCUT2D eigenvalue weighted by Gasteiger charge is -2.20. The van der Waals surface area contributed by atoms with Crippen molar-refractivity contribution in [3.8, 4) is 11.5 Å². The van der Waals surface area contributed by atoms with E-state index in [1.807, 2.05) is 19.1 Å². The van der Waals surface area contributed by atoms with Crippen molar-refractivity contribution >= 4 is 5.91 Å². The predicted molar refractivity (Wildman–Crippen MR) is 66.4 cm³/mol. The standard InChI is InChI=1S/C13H19NO3/c1-5-12(13(15)14(2)3)17-11-8-6-10(16-4)7-9-11/h6-9,12H,5H2,1-4H3/t12-/m1/s1. The molecule has 0 aliphatic heterocycles. The molecule has 1 aromatic rings. The van der Waals surface area contributed by atoms with Crippen LogP contribution in [-0.4, -0.2) is 38.1 Å². The van der Waals surface area contributed by atoms with Gasteiger partial charge in [-0.3, -0.25) is 4.79 Å². The van der Waals surface area contributed by atoms with E-state index in [-0.39, 0.29) is 5.91 Å². The summed E-state index contributed by atoms with van der Waals surface area (Å²) in [6.07, 6.45) is 0.210. The fraction of sp³-hybridized carbons (Fsp3) is 0.462. The Balaban J connectivity index is 2.70. The minimum atomic E-state index is -0.432. The number of amides is 1. The van der Waals surface area contributed by atoms with Gasteiger partial charge in [-0.1, -0.05) is 6.92 Å². The van der Waals surface area contributed by atoms with Crippen LogP contribution in [0, 0.1) is 0 Å². The summed E-state index contributed by atoms with van der Waals surface area (Å²) in [6.45, 7) is 1.93. The summed E-state index contributed by atoms with van der Waals surface area (Å²) >= 11 is 0. The lowest BCUT2D eigenvalue weighted by Crippen LogP contribution is -2.37. The molecule has 0 aromatic heterocycles. The van der Waals surface area contributed by atoms with Crippen LogP contribution in [0.4, 0.5) is 0 Å². The molecule has 0 spiro atoms. The van der Waals surface area contributed by atoms with Gasteiger partial charge in [0, 0.05) is 14.1 Å². The first-order valence-corrected chi connectivity index (χ1v) is 5.60. The van der Waals surface area contributed by atoms with Crippen molar-refractivity contribution in [2.45, 2.75) is 19.4 Å². The summed E-state index contributed by atoms with van der Waals surface area (Å²) in [7, 11) is 5.06. The topological polar surface area (TPSA) is 38.8 Å². The molecule has 0 saturated carbocycles. The molecule has 17 heavy (non-hydrogen) atoms. The zero-order chi connectivity index (χ0) is 12.8. The Kier molecular flexibility index (Phi) is 4.82. The highest BCUT2D eigenvalue weighted by Crippen LogP contribution is 2.19. The lowest BCUT2D eigenvalue weighted by atomic mass is 10.2. The number of hydrogen-bond donors (Lipinski definition) is 0. The third kappa shape index (κ3) is 3.66. The van der Waals surface area contributed by atoms with Crippen LogP contribution in [0.3, 0.4) is 0 Å². The SMILES string of the molecule is CC[C@@H](Oc1ccc(OC)cc1)C(=O)N(C)C. The Bertz CT molecular complexity index is 359. The minimum Gasteiger partial charge on any atom is -0.497 e. The molecular weight excluding hydrogens is 218 g/mol. The van der Waals surface area contributed by atoms with Crippen LogP contribution < -0.4 is 9.47 Å². The minimum absolute atomic E-state index is 0.0247. The molecule has 0 aliphatic rings. The van der Waals surface area contributed by atoms with Gasteiger partial charge in [0.2, 0.25) is 0 Å². The van der Waals surface area contributed by atoms with Crippen molar-refractivity contribution < 1.29 is 14.3 Å². The molecule has 1 aromatic carbocycles. The maximum absolute atomic E-state index is 11.8. The summed E-state index contributed by atoms with van der Waals surface area (Å²) < 4.78 is 10.7. The molecule has 0 saturated heterocycles. The molecule has 4 heteroatoms. The highest BCUT2D eigenvalue weighted by molar-refractivity contribution is 5.80. The third-order valence-electron chi connectivity index (χ3n) is 2.42. The van der Waals surface area contributed by atoms with E-state index >= 15 is 0 Å². The second kappa shape index (κ2) is 6.13. The Hall–Kier alpha value is -1.71. The van der Waals surface area contributed by atoms with Crippen molar-refractivity contribution in [3.05, 3.63) is 24.3 Å². The Morgan fingerprint density at radius 2 is 1.76 bits per heavy atom. The Morgan fingerprint density at radius 1 is 1.24 bits per heavy atom. The zero-order valence-electron chi connectivity index (χ0n) is 10.8. The molecule has 94 valence electrons. The molecule has 0 radical (unpaired) electrons. The number of carbonyl (C=O) groups excluding carboxylic acids is 1. The summed E-state index contributed by atoms with van der Waals surface area (Å²) in [5.41, 5.74) is 0. The number of ether oxygens (including phenoxy) is 2. The van der Waals surface area contributed by atoms with Crippen molar-refractivity contribution in [1.29, 1.82) is 0 Å². The number of carbonyl (C=O) groups is 1. The molecule has 0 fully saturated rings. The maximum atomic E-state index is 11.8. The molecule has 0 heterocycles. The lowest BCUT2D eigenvalue weighted by molar-refractivity contribution is -0.136. The Labute approximate surface area is 102 Å². The van der Waals surface area contributed by atoms with Crippen molar-refractivity contribution in [2.75, 3.05) is 21.2 Å². The van der Waals surface area contributed by atoms with Gasteiger partial charge in [-0.2, -0.15) is 0 Å². The molecule has 4 nitrogen and oxygen atoms in total. The average Bonchev–Trinajstić information content (AvgIpc) is 2.35. The smallest absolute Gasteiger partial charge is 0.263 e. The number of likely N-dealkylation sites (N-methyl/N-ethyl adjacent to an activating group) is 1. The van der Waals surface area contributed by atoms with Gasteiger partial charge in [0.05, 0.1) is 7.11 Å². The van der Waals surface area contributed by atoms with Crippen LogP contribution in [-0.2, 0) is 4.79 Å². The molecule has 0 N–H and O–H groups in total. The van der Waals surface area contributed by atoms with Gasteiger partial charge in [0.15, 0.2) is 6.10 Å². The van der Waals surface area contributed by atoms with Crippen LogP contribution in [0.2, 0.25) is 0 Å². The van der Waals surface area contributed by atoms with Crippen LogP contribution in [0.1, 0.15) is 13.3 Å². The summed E-state index contributed by atoms with van der Waals surface area (Å²) in [5.74, 6) is 1.42.